The minimum atomic E-state index is -0.355. The highest BCUT2D eigenvalue weighted by atomic mass is 19.1. The summed E-state index contributed by atoms with van der Waals surface area (Å²) in [5.74, 6) is 0.343. The Morgan fingerprint density at radius 2 is 2.14 bits per heavy atom. The molecule has 0 spiro atoms. The fourth-order valence-electron chi connectivity index (χ4n) is 2.40. The van der Waals surface area contributed by atoms with Crippen molar-refractivity contribution in [2.75, 3.05) is 0 Å². The summed E-state index contributed by atoms with van der Waals surface area (Å²) in [5, 5.41) is 21.4. The molecule has 0 amide bonds. The zero-order valence-corrected chi connectivity index (χ0v) is 12.2. The molecule has 22 heavy (non-hydrogen) atoms. The topological polar surface area (TPSA) is 77.0 Å². The zero-order valence-electron chi connectivity index (χ0n) is 12.2. The summed E-state index contributed by atoms with van der Waals surface area (Å²) < 4.78 is 20.3. The van der Waals surface area contributed by atoms with Crippen LogP contribution in [0.15, 0.2) is 28.8 Å². The summed E-state index contributed by atoms with van der Waals surface area (Å²) in [7, 11) is 0. The van der Waals surface area contributed by atoms with Gasteiger partial charge in [-0.25, -0.2) is 9.07 Å². The van der Waals surface area contributed by atoms with Crippen molar-refractivity contribution in [2.24, 2.45) is 0 Å². The fraction of sp³-hybridized carbons (Fsp3) is 0.267. The van der Waals surface area contributed by atoms with Gasteiger partial charge in [-0.2, -0.15) is 0 Å². The van der Waals surface area contributed by atoms with E-state index in [9.17, 15) is 9.50 Å². The van der Waals surface area contributed by atoms with E-state index in [0.717, 1.165) is 11.3 Å². The third-order valence-corrected chi connectivity index (χ3v) is 3.54. The third kappa shape index (κ3) is 2.50. The molecular formula is C15H15FN4O2. The van der Waals surface area contributed by atoms with E-state index in [1.54, 1.807) is 16.8 Å². The first kappa shape index (κ1) is 14.4. The molecule has 0 saturated heterocycles. The van der Waals surface area contributed by atoms with Gasteiger partial charge in [0, 0.05) is 11.1 Å². The summed E-state index contributed by atoms with van der Waals surface area (Å²) in [6, 6.07) is 6.12. The Hall–Kier alpha value is -2.54. The summed E-state index contributed by atoms with van der Waals surface area (Å²) in [6.45, 7) is 3.78. The highest BCUT2D eigenvalue weighted by molar-refractivity contribution is 5.62. The molecule has 1 N–H and O–H groups in total. The molecule has 1 aromatic carbocycles. The lowest BCUT2D eigenvalue weighted by Crippen LogP contribution is -2.06. The predicted molar refractivity (Wildman–Crippen MR) is 76.4 cm³/mol. The lowest BCUT2D eigenvalue weighted by Gasteiger charge is -2.08. The van der Waals surface area contributed by atoms with Crippen LogP contribution < -0.4 is 0 Å². The second kappa shape index (κ2) is 5.69. The normalized spacial score (nSPS) is 11.1. The standard InChI is InChI=1S/C15H15FN4O2/c1-9-13(10(2)22-18-9)7-20-15(14(8-21)17-19-20)11-4-3-5-12(16)6-11/h3-6,21H,7-8H2,1-2H3. The van der Waals surface area contributed by atoms with Crippen molar-refractivity contribution in [2.45, 2.75) is 27.0 Å². The molecule has 0 bridgehead atoms. The molecule has 3 rings (SSSR count). The van der Waals surface area contributed by atoms with Crippen LogP contribution in [-0.4, -0.2) is 25.3 Å². The van der Waals surface area contributed by atoms with Crippen molar-refractivity contribution in [3.8, 4) is 11.3 Å². The number of halogens is 1. The van der Waals surface area contributed by atoms with Crippen LogP contribution in [0.3, 0.4) is 0 Å². The molecule has 0 fully saturated rings. The van der Waals surface area contributed by atoms with Crippen LogP contribution in [0.2, 0.25) is 0 Å². The molecule has 0 saturated carbocycles. The van der Waals surface area contributed by atoms with Crippen molar-refractivity contribution in [1.82, 2.24) is 20.2 Å². The van der Waals surface area contributed by atoms with Crippen LogP contribution in [0.5, 0.6) is 0 Å². The number of hydrogen-bond donors (Lipinski definition) is 1. The molecule has 0 unspecified atom stereocenters. The quantitative estimate of drug-likeness (QED) is 0.799. The van der Waals surface area contributed by atoms with Crippen LogP contribution in [0.1, 0.15) is 22.7 Å². The van der Waals surface area contributed by atoms with Crippen molar-refractivity contribution in [3.05, 3.63) is 52.8 Å². The molecule has 0 aliphatic heterocycles. The van der Waals surface area contributed by atoms with Gasteiger partial charge in [0.1, 0.15) is 17.3 Å². The Morgan fingerprint density at radius 1 is 1.32 bits per heavy atom. The van der Waals surface area contributed by atoms with Gasteiger partial charge >= 0.3 is 0 Å². The van der Waals surface area contributed by atoms with E-state index in [1.165, 1.54) is 12.1 Å². The highest BCUT2D eigenvalue weighted by Crippen LogP contribution is 2.25. The number of aromatic nitrogens is 4. The number of hydrogen-bond acceptors (Lipinski definition) is 5. The van der Waals surface area contributed by atoms with Gasteiger partial charge in [-0.1, -0.05) is 22.5 Å². The Bertz CT molecular complexity index is 790. The summed E-state index contributed by atoms with van der Waals surface area (Å²) in [5.41, 5.74) is 3.26. The zero-order chi connectivity index (χ0) is 15.7. The molecule has 7 heteroatoms. The molecule has 2 heterocycles. The third-order valence-electron chi connectivity index (χ3n) is 3.54. The maximum Gasteiger partial charge on any atom is 0.138 e. The molecule has 6 nitrogen and oxygen atoms in total. The average molecular weight is 302 g/mol. The number of benzene rings is 1. The number of aryl methyl sites for hydroxylation is 2. The fourth-order valence-corrected chi connectivity index (χ4v) is 2.40. The molecule has 0 aliphatic rings. The van der Waals surface area contributed by atoms with Crippen LogP contribution >= 0.6 is 0 Å². The largest absolute Gasteiger partial charge is 0.390 e. The van der Waals surface area contributed by atoms with Gasteiger partial charge in [-0.3, -0.25) is 0 Å². The predicted octanol–water partition coefficient (Wildman–Crippen LogP) is 2.23. The van der Waals surface area contributed by atoms with Crippen LogP contribution in [-0.2, 0) is 13.2 Å². The maximum absolute atomic E-state index is 13.5. The van der Waals surface area contributed by atoms with E-state index >= 15 is 0 Å². The Labute approximate surface area is 126 Å². The van der Waals surface area contributed by atoms with Gasteiger partial charge in [0.15, 0.2) is 0 Å². The molecule has 3 aromatic rings. The van der Waals surface area contributed by atoms with Crippen molar-refractivity contribution >= 4 is 0 Å². The Balaban J connectivity index is 2.08. The van der Waals surface area contributed by atoms with Crippen molar-refractivity contribution in [1.29, 1.82) is 0 Å². The highest BCUT2D eigenvalue weighted by Gasteiger charge is 2.18. The number of rotatable bonds is 4. The van der Waals surface area contributed by atoms with Gasteiger partial charge in [0.25, 0.3) is 0 Å². The minimum Gasteiger partial charge on any atom is -0.390 e. The number of nitrogens with zero attached hydrogens (tertiary/aromatic N) is 4. The van der Waals surface area contributed by atoms with Gasteiger partial charge < -0.3 is 9.63 Å². The molecule has 0 atom stereocenters. The number of aliphatic hydroxyl groups is 1. The monoisotopic (exact) mass is 302 g/mol. The molecule has 114 valence electrons. The summed E-state index contributed by atoms with van der Waals surface area (Å²) in [4.78, 5) is 0. The summed E-state index contributed by atoms with van der Waals surface area (Å²) >= 11 is 0. The van der Waals surface area contributed by atoms with Gasteiger partial charge in [0.05, 0.1) is 24.5 Å². The van der Waals surface area contributed by atoms with Crippen molar-refractivity contribution < 1.29 is 14.0 Å². The SMILES string of the molecule is Cc1noc(C)c1Cn1nnc(CO)c1-c1cccc(F)c1. The molecular weight excluding hydrogens is 287 g/mol. The first-order chi connectivity index (χ1) is 10.6. The van der Waals surface area contributed by atoms with E-state index < -0.39 is 0 Å². The van der Waals surface area contributed by atoms with E-state index in [0.29, 0.717) is 29.3 Å². The minimum absolute atomic E-state index is 0.270. The molecule has 2 aromatic heterocycles. The van der Waals surface area contributed by atoms with Crippen molar-refractivity contribution in [3.63, 3.8) is 0 Å². The van der Waals surface area contributed by atoms with Gasteiger partial charge in [-0.05, 0) is 26.0 Å². The summed E-state index contributed by atoms with van der Waals surface area (Å²) in [6.07, 6.45) is 0. The van der Waals surface area contributed by atoms with Gasteiger partial charge in [-0.15, -0.1) is 5.10 Å². The lowest BCUT2D eigenvalue weighted by atomic mass is 10.1. The first-order valence-electron chi connectivity index (χ1n) is 6.81. The lowest BCUT2D eigenvalue weighted by molar-refractivity contribution is 0.277. The Kier molecular flexibility index (Phi) is 3.72. The second-order valence-corrected chi connectivity index (χ2v) is 5.01. The van der Waals surface area contributed by atoms with Gasteiger partial charge in [0.2, 0.25) is 0 Å². The van der Waals surface area contributed by atoms with Crippen LogP contribution in [0, 0.1) is 19.7 Å². The van der Waals surface area contributed by atoms with E-state index in [4.69, 9.17) is 4.52 Å². The van der Waals surface area contributed by atoms with Crippen LogP contribution in [0.25, 0.3) is 11.3 Å². The Morgan fingerprint density at radius 3 is 2.77 bits per heavy atom. The maximum atomic E-state index is 13.5. The van der Waals surface area contributed by atoms with E-state index in [2.05, 4.69) is 15.5 Å². The molecule has 0 radical (unpaired) electrons. The molecule has 0 aliphatic carbocycles. The van der Waals surface area contributed by atoms with E-state index in [-0.39, 0.29) is 12.4 Å². The first-order valence-corrected chi connectivity index (χ1v) is 6.81. The number of aliphatic hydroxyl groups excluding tert-OH is 1. The smallest absolute Gasteiger partial charge is 0.138 e. The van der Waals surface area contributed by atoms with E-state index in [1.807, 2.05) is 13.8 Å². The van der Waals surface area contributed by atoms with Crippen LogP contribution in [0.4, 0.5) is 4.39 Å². The average Bonchev–Trinajstić information content (AvgIpc) is 3.05. The second-order valence-electron chi connectivity index (χ2n) is 5.01.